The van der Waals surface area contributed by atoms with Gasteiger partial charge in [-0.2, -0.15) is 0 Å². The van der Waals surface area contributed by atoms with E-state index in [1.54, 1.807) is 159 Å². The molecule has 0 spiro atoms. The van der Waals surface area contributed by atoms with Crippen LogP contribution in [0.3, 0.4) is 0 Å². The third-order valence-electron chi connectivity index (χ3n) is 17.4. The van der Waals surface area contributed by atoms with Gasteiger partial charge in [0.05, 0.1) is 163 Å². The first kappa shape index (κ1) is 128. The summed E-state index contributed by atoms with van der Waals surface area (Å²) in [5.41, 5.74) is 17.4. The van der Waals surface area contributed by atoms with Crippen LogP contribution in [0.2, 0.25) is 0 Å². The zero-order valence-corrected chi connectivity index (χ0v) is 91.1. The Balaban J connectivity index is -0.00000143. The molecule has 1 saturated heterocycles. The van der Waals surface area contributed by atoms with Gasteiger partial charge < -0.3 is 123 Å². The van der Waals surface area contributed by atoms with Gasteiger partial charge in [0.25, 0.3) is 0 Å². The van der Waals surface area contributed by atoms with E-state index in [9.17, 15) is 9.59 Å². The molecule has 6 aromatic heterocycles. The molecular formula is C95H123Ir4N12O21Pt-5. The first-order chi connectivity index (χ1) is 60.9. The second-order valence-corrected chi connectivity index (χ2v) is 28.3. The van der Waals surface area contributed by atoms with Gasteiger partial charge in [0.1, 0.15) is 11.7 Å². The van der Waals surface area contributed by atoms with Crippen molar-refractivity contribution in [2.75, 3.05) is 84.8 Å². The Labute approximate surface area is 849 Å². The molecule has 12 rings (SSSR count). The molecule has 4 radical (unpaired) electrons. The van der Waals surface area contributed by atoms with Crippen LogP contribution in [0.4, 0.5) is 0 Å². The van der Waals surface area contributed by atoms with Crippen molar-refractivity contribution in [1.82, 2.24) is 60.1 Å². The molecular weight excluding hydrogens is 2610 g/mol. The number of aromatic nitrogens is 11. The van der Waals surface area contributed by atoms with Gasteiger partial charge in [0, 0.05) is 222 Å². The molecule has 0 aliphatic carbocycles. The fourth-order valence-corrected chi connectivity index (χ4v) is 11.4. The Kier molecular flexibility index (Phi) is 66.8. The van der Waals surface area contributed by atoms with Gasteiger partial charge in [0.2, 0.25) is 0 Å². The first-order valence-electron chi connectivity index (χ1n) is 40.3. The van der Waals surface area contributed by atoms with E-state index in [-0.39, 0.29) is 144 Å². The van der Waals surface area contributed by atoms with Gasteiger partial charge in [0.15, 0.2) is 12.6 Å². The molecule has 0 bridgehead atoms. The summed E-state index contributed by atoms with van der Waals surface area (Å²) >= 11 is 0. The number of carbonyl (C=O) groups is 2. The van der Waals surface area contributed by atoms with E-state index in [1.165, 1.54) is 26.5 Å². The van der Waals surface area contributed by atoms with Crippen molar-refractivity contribution in [3.63, 3.8) is 0 Å². The van der Waals surface area contributed by atoms with Crippen LogP contribution >= 0.6 is 0 Å². The molecule has 0 saturated carbocycles. The average Bonchev–Trinajstić information content (AvgIpc) is 1.33. The molecule has 38 heteroatoms. The Morgan fingerprint density at radius 2 is 0.662 bits per heavy atom. The number of aliphatic hydroxyl groups is 6. The molecule has 5 aromatic carbocycles. The van der Waals surface area contributed by atoms with Crippen LogP contribution < -0.4 is 47.9 Å². The SMILES string of the molecule is CC(O)CC(C)O.CC(O)CC(C)O.COC(O)CC(O)OC.COc1c[c-]c(-c2ncc(C)nc2C)cc1OC.COc1c[c-]c(-c2ncc(C)nc2C)cc1OC.COc1c[c-]c(-c2ncc(C)nc2C)cc1OC.COc1c[c-]c(-c2ncc(C)nc2C)cc1OC.COc1cc[c-]c(-c2ncc(C)nc2C)c1.O=C(O)C1CCCN1.O=C(O)c1ccccn1.[Ir].[Ir].[Ir].[Ir].[Pt]. The number of ether oxygens (including phenoxy) is 11. The van der Waals surface area contributed by atoms with Crippen LogP contribution in [-0.2, 0) is 116 Å². The summed E-state index contributed by atoms with van der Waals surface area (Å²) in [7, 11) is 17.2. The van der Waals surface area contributed by atoms with Crippen LogP contribution in [0.15, 0.2) is 122 Å². The van der Waals surface area contributed by atoms with Gasteiger partial charge in [-0.15, -0.1) is 101 Å². The summed E-state index contributed by atoms with van der Waals surface area (Å²) in [5.74, 6) is 4.34. The van der Waals surface area contributed by atoms with Crippen molar-refractivity contribution in [1.29, 1.82) is 0 Å². The number of aryl methyl sites for hydroxylation is 10. The quantitative estimate of drug-likeness (QED) is 0.0200. The van der Waals surface area contributed by atoms with E-state index in [0.29, 0.717) is 58.8 Å². The van der Waals surface area contributed by atoms with Crippen molar-refractivity contribution in [3.8, 4) is 108 Å². The van der Waals surface area contributed by atoms with Crippen LogP contribution in [0.1, 0.15) is 127 Å². The maximum Gasteiger partial charge on any atom is 0.354 e. The summed E-state index contributed by atoms with van der Waals surface area (Å²) in [5, 5.41) is 71.2. The van der Waals surface area contributed by atoms with E-state index in [1.807, 2.05) is 112 Å². The van der Waals surface area contributed by atoms with E-state index >= 15 is 0 Å². The fraction of sp³-hybridized carbons (Fsp3) is 0.400. The second kappa shape index (κ2) is 69.5. The minimum atomic E-state index is -0.990. The van der Waals surface area contributed by atoms with Crippen LogP contribution in [0.25, 0.3) is 56.3 Å². The van der Waals surface area contributed by atoms with Gasteiger partial charge in [-0.1, -0.05) is 30.3 Å². The van der Waals surface area contributed by atoms with E-state index < -0.39 is 24.5 Å². The molecule has 7 heterocycles. The Hall–Kier alpha value is -9.28. The van der Waals surface area contributed by atoms with Crippen LogP contribution in [-0.4, -0.2) is 235 Å². The largest absolute Gasteiger partial charge is 0.536 e. The normalized spacial score (nSPS) is 12.2. The van der Waals surface area contributed by atoms with Gasteiger partial charge in [-0.25, -0.2) is 9.78 Å². The number of aliphatic hydroxyl groups excluding tert-OH is 6. The number of hydrogen-bond acceptors (Lipinski definition) is 31. The molecule has 1 fully saturated rings. The number of aromatic carboxylic acids is 1. The maximum atomic E-state index is 10.1. The Bertz CT molecular complexity index is 4710. The van der Waals surface area contributed by atoms with Gasteiger partial charge in [-0.3, -0.25) is 29.7 Å². The second-order valence-electron chi connectivity index (χ2n) is 28.3. The topological polar surface area (TPSA) is 451 Å². The molecule has 0 amide bonds. The Morgan fingerprint density at radius 1 is 0.383 bits per heavy atom. The third kappa shape index (κ3) is 47.2. The number of nitrogens with one attached hydrogen (secondary N) is 1. The maximum absolute atomic E-state index is 10.1. The Morgan fingerprint density at radius 3 is 0.842 bits per heavy atom. The molecule has 1 aliphatic rings. The minimum absolute atomic E-state index is 0. The van der Waals surface area contributed by atoms with Crippen molar-refractivity contribution >= 4 is 11.9 Å². The number of methoxy groups -OCH3 is 11. The van der Waals surface area contributed by atoms with Gasteiger partial charge in [-0.05, 0) is 141 Å². The fourth-order valence-electron chi connectivity index (χ4n) is 11.4. The number of carboxylic acids is 2. The average molecular weight is 2730 g/mol. The number of carboxylic acid groups (broad SMARTS) is 2. The first-order valence-corrected chi connectivity index (χ1v) is 40.3. The summed E-state index contributed by atoms with van der Waals surface area (Å²) in [6.45, 7) is 26.8. The number of aliphatic carboxylic acids is 1. The summed E-state index contributed by atoms with van der Waals surface area (Å²) in [6, 6.07) is 40.1. The molecule has 740 valence electrons. The molecule has 11 aromatic rings. The summed E-state index contributed by atoms with van der Waals surface area (Å²) in [6.07, 6.45) is 9.60. The third-order valence-corrected chi connectivity index (χ3v) is 17.4. The zero-order chi connectivity index (χ0) is 95.7. The standard InChI is InChI=1S/4C14H15N2O2.C13H13N2O.C6H5NO2.C5H9NO2.C5H12O4.2C5H12O2.4Ir.Pt/c4*1-9-8-15-14(10(2)16-9)11-5-6-12(17-3)13(7-11)18-4;1-9-8-14-13(10(2)15-9)11-5-4-6-12(7-11)16-3;8-6(9)5-3-1-2-4-7-5;7-5(8)4-2-1-3-6-4;1-8-4(6)3-5(7)9-2;2*1-4(6)3-5(2)7;;;;;/h4*6-8H,1-4H3;4,6-8H,1-3H3;1-4H,(H,8,9);4,6H,1-3H2,(H,7,8);4-7H,3H2,1-2H3;2*4-7H,3H2,1-2H3;;;;;/q5*-1;;;;;;;;;;. The molecule has 9 N–H and O–H groups in total. The van der Waals surface area contributed by atoms with Crippen molar-refractivity contribution in [2.45, 2.75) is 172 Å². The number of benzene rings is 5. The number of hydrogen-bond donors (Lipinski definition) is 9. The van der Waals surface area contributed by atoms with E-state index in [4.69, 9.17) is 83.5 Å². The van der Waals surface area contributed by atoms with Crippen molar-refractivity contribution in [2.24, 2.45) is 0 Å². The minimum Gasteiger partial charge on any atom is -0.536 e. The number of rotatable bonds is 24. The monoisotopic (exact) mass is 2730 g/mol. The summed E-state index contributed by atoms with van der Waals surface area (Å²) in [4.78, 5) is 67.7. The van der Waals surface area contributed by atoms with E-state index in [0.717, 1.165) is 138 Å². The van der Waals surface area contributed by atoms with Crippen molar-refractivity contribution < 1.29 is 204 Å². The smallest absolute Gasteiger partial charge is 0.354 e. The van der Waals surface area contributed by atoms with Crippen molar-refractivity contribution in [3.05, 3.63) is 215 Å². The van der Waals surface area contributed by atoms with Gasteiger partial charge >= 0.3 is 11.9 Å². The zero-order valence-electron chi connectivity index (χ0n) is 79.3. The predicted molar refractivity (Wildman–Crippen MR) is 484 cm³/mol. The van der Waals surface area contributed by atoms with E-state index in [2.05, 4.69) is 99.9 Å². The molecule has 133 heavy (non-hydrogen) atoms. The predicted octanol–water partition coefficient (Wildman–Crippen LogP) is 13.1. The van der Waals surface area contributed by atoms with Crippen LogP contribution in [0.5, 0.6) is 51.7 Å². The molecule has 1 aliphatic heterocycles. The van der Waals surface area contributed by atoms with Crippen LogP contribution in [0, 0.1) is 99.6 Å². The molecule has 7 atom stereocenters. The number of nitrogens with zero attached hydrogens (tertiary/aromatic N) is 11. The number of pyridine rings is 1. The molecule has 7 unspecified atom stereocenters. The molecule has 33 nitrogen and oxygen atoms in total. The summed E-state index contributed by atoms with van der Waals surface area (Å²) < 4.78 is 55.9.